The Morgan fingerprint density at radius 2 is 1.96 bits per heavy atom. The molecule has 1 atom stereocenters. The molecular weight excluding hydrogens is 344 g/mol. The van der Waals surface area contributed by atoms with E-state index in [1.54, 1.807) is 30.3 Å². The molecule has 0 spiro atoms. The number of ether oxygens (including phenoxy) is 1. The molecule has 0 bridgehead atoms. The number of amides is 1. The minimum absolute atomic E-state index is 0.0223. The van der Waals surface area contributed by atoms with Crippen molar-refractivity contribution in [2.24, 2.45) is 5.73 Å². The van der Waals surface area contributed by atoms with Crippen LogP contribution in [0, 0.1) is 0 Å². The van der Waals surface area contributed by atoms with Gasteiger partial charge in [-0.05, 0) is 48.9 Å². The van der Waals surface area contributed by atoms with Gasteiger partial charge in [0, 0.05) is 11.6 Å². The maximum atomic E-state index is 12.4. The first-order chi connectivity index (χ1) is 12.0. The summed E-state index contributed by atoms with van der Waals surface area (Å²) in [6.07, 6.45) is -0.230. The van der Waals surface area contributed by atoms with E-state index in [0.29, 0.717) is 41.5 Å². The highest BCUT2D eigenvalue weighted by molar-refractivity contribution is 6.30. The summed E-state index contributed by atoms with van der Waals surface area (Å²) in [4.78, 5) is 12.4. The Labute approximate surface area is 151 Å². The van der Waals surface area contributed by atoms with Crippen LogP contribution in [0.15, 0.2) is 42.5 Å². The molecule has 2 aromatic carbocycles. The Bertz CT molecular complexity index is 707. The molecule has 0 unspecified atom stereocenters. The molecule has 5 N–H and O–H groups in total. The molecular formula is C18H21ClN2O4. The lowest BCUT2D eigenvalue weighted by Gasteiger charge is -2.15. The third-order valence-electron chi connectivity index (χ3n) is 3.53. The lowest BCUT2D eigenvalue weighted by Crippen LogP contribution is -2.28. The Morgan fingerprint density at radius 1 is 1.24 bits per heavy atom. The predicted molar refractivity (Wildman–Crippen MR) is 96.0 cm³/mol. The second-order valence-electron chi connectivity index (χ2n) is 5.45. The zero-order valence-electron chi connectivity index (χ0n) is 13.6. The first kappa shape index (κ1) is 19.1. The lowest BCUT2D eigenvalue weighted by atomic mass is 10.1. The highest BCUT2D eigenvalue weighted by atomic mass is 35.5. The number of phenolic OH excluding ortho intramolecular Hbond substituents is 1. The molecule has 1 amide bonds. The number of hydrogen-bond donors (Lipinski definition) is 4. The van der Waals surface area contributed by atoms with E-state index in [1.807, 2.05) is 0 Å². The van der Waals surface area contributed by atoms with Gasteiger partial charge in [-0.25, -0.2) is 0 Å². The van der Waals surface area contributed by atoms with Crippen molar-refractivity contribution in [2.45, 2.75) is 12.5 Å². The van der Waals surface area contributed by atoms with Gasteiger partial charge in [-0.3, -0.25) is 4.79 Å². The Morgan fingerprint density at radius 3 is 2.64 bits per heavy atom. The van der Waals surface area contributed by atoms with Crippen molar-refractivity contribution in [2.75, 3.05) is 19.7 Å². The molecule has 134 valence electrons. The maximum Gasteiger partial charge on any atom is 0.255 e. The number of aliphatic hydroxyl groups excluding tert-OH is 1. The summed E-state index contributed by atoms with van der Waals surface area (Å²) in [5.41, 5.74) is 6.36. The summed E-state index contributed by atoms with van der Waals surface area (Å²) >= 11 is 5.96. The van der Waals surface area contributed by atoms with Crippen molar-refractivity contribution in [3.63, 3.8) is 0 Å². The zero-order valence-corrected chi connectivity index (χ0v) is 14.4. The van der Waals surface area contributed by atoms with Crippen molar-refractivity contribution in [1.29, 1.82) is 0 Å². The fourth-order valence-corrected chi connectivity index (χ4v) is 2.33. The normalized spacial score (nSPS) is 11.8. The van der Waals surface area contributed by atoms with Gasteiger partial charge in [-0.15, -0.1) is 0 Å². The third kappa shape index (κ3) is 5.63. The van der Waals surface area contributed by atoms with Crippen LogP contribution in [0.4, 0.5) is 0 Å². The summed E-state index contributed by atoms with van der Waals surface area (Å²) in [7, 11) is 0. The number of carbonyl (C=O) groups excluding carboxylic acids is 1. The molecule has 2 aromatic rings. The van der Waals surface area contributed by atoms with E-state index in [4.69, 9.17) is 22.1 Å². The van der Waals surface area contributed by atoms with Gasteiger partial charge in [0.15, 0.2) is 0 Å². The number of phenols is 1. The first-order valence-corrected chi connectivity index (χ1v) is 8.26. The lowest BCUT2D eigenvalue weighted by molar-refractivity contribution is 0.0912. The Kier molecular flexibility index (Phi) is 7.06. The number of benzene rings is 2. The topological polar surface area (TPSA) is 105 Å². The second-order valence-corrected chi connectivity index (χ2v) is 5.88. The van der Waals surface area contributed by atoms with Crippen LogP contribution in [-0.4, -0.2) is 35.8 Å². The molecule has 0 saturated heterocycles. The number of rotatable bonds is 8. The van der Waals surface area contributed by atoms with Crippen LogP contribution >= 0.6 is 11.6 Å². The molecule has 7 heteroatoms. The van der Waals surface area contributed by atoms with Crippen LogP contribution in [0.3, 0.4) is 0 Å². The summed E-state index contributed by atoms with van der Waals surface area (Å²) < 4.78 is 5.57. The van der Waals surface area contributed by atoms with Gasteiger partial charge in [0.1, 0.15) is 11.5 Å². The Hall–Kier alpha value is -2.28. The van der Waals surface area contributed by atoms with E-state index < -0.39 is 6.10 Å². The van der Waals surface area contributed by atoms with E-state index in [1.165, 1.54) is 12.1 Å². The molecule has 0 saturated carbocycles. The fourth-order valence-electron chi connectivity index (χ4n) is 2.17. The average Bonchev–Trinajstić information content (AvgIpc) is 2.60. The van der Waals surface area contributed by atoms with Gasteiger partial charge in [0.2, 0.25) is 0 Å². The summed E-state index contributed by atoms with van der Waals surface area (Å²) in [5.74, 6) is 0.107. The van der Waals surface area contributed by atoms with E-state index in [-0.39, 0.29) is 18.2 Å². The number of carbonyl (C=O) groups is 1. The molecule has 0 aliphatic rings. The number of aromatic hydroxyl groups is 1. The van der Waals surface area contributed by atoms with Gasteiger partial charge < -0.3 is 26.0 Å². The zero-order chi connectivity index (χ0) is 18.2. The third-order valence-corrected chi connectivity index (χ3v) is 3.76. The number of hydrogen-bond acceptors (Lipinski definition) is 5. The van der Waals surface area contributed by atoms with Gasteiger partial charge in [0.25, 0.3) is 5.91 Å². The van der Waals surface area contributed by atoms with Crippen molar-refractivity contribution in [1.82, 2.24) is 5.32 Å². The molecule has 0 fully saturated rings. The summed E-state index contributed by atoms with van der Waals surface area (Å²) in [6.45, 7) is 0.892. The van der Waals surface area contributed by atoms with Crippen LogP contribution < -0.4 is 15.8 Å². The predicted octanol–water partition coefficient (Wildman–Crippen LogP) is 2.24. The molecule has 0 aromatic heterocycles. The van der Waals surface area contributed by atoms with Gasteiger partial charge in [0.05, 0.1) is 18.3 Å². The van der Waals surface area contributed by atoms with Crippen molar-refractivity contribution in [3.8, 4) is 11.5 Å². The fraction of sp³-hybridized carbons (Fsp3) is 0.278. The summed E-state index contributed by atoms with van der Waals surface area (Å²) in [5, 5.41) is 22.5. The molecule has 0 aliphatic carbocycles. The minimum atomic E-state index is -0.890. The summed E-state index contributed by atoms with van der Waals surface area (Å²) in [6, 6.07) is 10.9. The number of nitrogens with one attached hydrogen (secondary N) is 1. The van der Waals surface area contributed by atoms with Crippen LogP contribution in [0.2, 0.25) is 5.02 Å². The number of halogens is 1. The molecule has 25 heavy (non-hydrogen) atoms. The van der Waals surface area contributed by atoms with Gasteiger partial charge in [-0.1, -0.05) is 23.7 Å². The van der Waals surface area contributed by atoms with E-state index >= 15 is 0 Å². The van der Waals surface area contributed by atoms with Gasteiger partial charge in [-0.2, -0.15) is 0 Å². The molecule has 6 nitrogen and oxygen atoms in total. The molecule has 2 rings (SSSR count). The average molecular weight is 365 g/mol. The largest absolute Gasteiger partial charge is 0.508 e. The number of aliphatic hydroxyl groups is 1. The highest BCUT2D eigenvalue weighted by Gasteiger charge is 2.15. The molecule has 0 aliphatic heterocycles. The minimum Gasteiger partial charge on any atom is -0.508 e. The van der Waals surface area contributed by atoms with E-state index in [2.05, 4.69) is 5.32 Å². The van der Waals surface area contributed by atoms with Crippen LogP contribution in [0.25, 0.3) is 0 Å². The van der Waals surface area contributed by atoms with E-state index in [9.17, 15) is 15.0 Å². The molecule has 0 radical (unpaired) electrons. The number of nitrogens with two attached hydrogens (primary N) is 1. The monoisotopic (exact) mass is 364 g/mol. The first-order valence-electron chi connectivity index (χ1n) is 7.89. The van der Waals surface area contributed by atoms with Gasteiger partial charge >= 0.3 is 0 Å². The Balaban J connectivity index is 2.01. The standard InChI is InChI=1S/C18H21ClN2O4/c19-13-4-7-15(17(10-13)25-9-1-8-20)18(24)21-11-16(23)12-2-5-14(22)6-3-12/h2-7,10,16,22-23H,1,8-9,11,20H2,(H,21,24)/t16-/m1/s1. The van der Waals surface area contributed by atoms with Crippen LogP contribution in [0.5, 0.6) is 11.5 Å². The maximum absolute atomic E-state index is 12.4. The quantitative estimate of drug-likeness (QED) is 0.538. The van der Waals surface area contributed by atoms with E-state index in [0.717, 1.165) is 0 Å². The highest BCUT2D eigenvalue weighted by Crippen LogP contribution is 2.24. The second kappa shape index (κ2) is 9.27. The van der Waals surface area contributed by atoms with Crippen molar-refractivity contribution in [3.05, 3.63) is 58.6 Å². The SMILES string of the molecule is NCCCOc1cc(Cl)ccc1C(=O)NC[C@@H](O)c1ccc(O)cc1. The van der Waals surface area contributed by atoms with Crippen LogP contribution in [0.1, 0.15) is 28.4 Å². The smallest absolute Gasteiger partial charge is 0.255 e. The molecule has 0 heterocycles. The van der Waals surface area contributed by atoms with Crippen molar-refractivity contribution < 1.29 is 19.7 Å². The van der Waals surface area contributed by atoms with Crippen LogP contribution in [-0.2, 0) is 0 Å². The van der Waals surface area contributed by atoms with Crippen molar-refractivity contribution >= 4 is 17.5 Å².